The van der Waals surface area contributed by atoms with E-state index < -0.39 is 0 Å². The first-order chi connectivity index (χ1) is 7.84. The van der Waals surface area contributed by atoms with E-state index in [0.717, 1.165) is 17.9 Å². The zero-order valence-electron chi connectivity index (χ0n) is 9.07. The third-order valence-corrected chi connectivity index (χ3v) is 4.36. The van der Waals surface area contributed by atoms with Crippen molar-refractivity contribution < 1.29 is 0 Å². The Morgan fingerprint density at radius 2 is 2.06 bits per heavy atom. The summed E-state index contributed by atoms with van der Waals surface area (Å²) in [4.78, 5) is 5.03. The van der Waals surface area contributed by atoms with Gasteiger partial charge in [-0.3, -0.25) is 4.98 Å². The third kappa shape index (κ3) is 1.99. The van der Waals surface area contributed by atoms with Crippen LogP contribution in [0.3, 0.4) is 0 Å². The third-order valence-electron chi connectivity index (χ3n) is 3.29. The fraction of sp³-hybridized carbons (Fsp3) is 0.357. The van der Waals surface area contributed by atoms with Gasteiger partial charge in [0.1, 0.15) is 0 Å². The molecule has 1 unspecified atom stereocenters. The molecule has 1 heterocycles. The van der Waals surface area contributed by atoms with Gasteiger partial charge >= 0.3 is 0 Å². The van der Waals surface area contributed by atoms with E-state index in [0.29, 0.717) is 4.83 Å². The summed E-state index contributed by atoms with van der Waals surface area (Å²) < 4.78 is 0. The van der Waals surface area contributed by atoms with Crippen LogP contribution in [0.1, 0.15) is 18.4 Å². The van der Waals surface area contributed by atoms with E-state index in [9.17, 15) is 0 Å². The molecule has 82 valence electrons. The lowest BCUT2D eigenvalue weighted by Gasteiger charge is -2.10. The predicted molar refractivity (Wildman–Crippen MR) is 70.9 cm³/mol. The quantitative estimate of drug-likeness (QED) is 0.773. The number of halogens is 1. The highest BCUT2D eigenvalue weighted by Crippen LogP contribution is 2.38. The van der Waals surface area contributed by atoms with E-state index in [1.807, 2.05) is 12.3 Å². The minimum absolute atomic E-state index is 0.637. The van der Waals surface area contributed by atoms with Gasteiger partial charge in [0.2, 0.25) is 0 Å². The van der Waals surface area contributed by atoms with Gasteiger partial charge in [0.25, 0.3) is 0 Å². The molecule has 1 fully saturated rings. The number of benzene rings is 1. The summed E-state index contributed by atoms with van der Waals surface area (Å²) in [5.74, 6) is 0.895. The van der Waals surface area contributed by atoms with E-state index in [1.165, 1.54) is 23.8 Å². The molecule has 2 heteroatoms. The number of nitrogens with zero attached hydrogens (tertiary/aromatic N) is 1. The van der Waals surface area contributed by atoms with Gasteiger partial charge in [-0.25, -0.2) is 0 Å². The summed E-state index contributed by atoms with van der Waals surface area (Å²) in [7, 11) is 0. The fourth-order valence-electron chi connectivity index (χ4n) is 2.17. The largest absolute Gasteiger partial charge is 0.256 e. The number of pyridine rings is 1. The van der Waals surface area contributed by atoms with Gasteiger partial charge in [-0.05, 0) is 42.9 Å². The lowest BCUT2D eigenvalue weighted by Crippen LogP contribution is -2.05. The number of rotatable bonds is 3. The van der Waals surface area contributed by atoms with E-state index in [4.69, 9.17) is 0 Å². The van der Waals surface area contributed by atoms with Crippen LogP contribution in [0, 0.1) is 5.92 Å². The van der Waals surface area contributed by atoms with Crippen LogP contribution >= 0.6 is 15.9 Å². The minimum Gasteiger partial charge on any atom is -0.256 e. The molecule has 0 saturated heterocycles. The molecule has 0 spiro atoms. The number of hydrogen-bond donors (Lipinski definition) is 0. The van der Waals surface area contributed by atoms with Crippen molar-refractivity contribution in [2.45, 2.75) is 24.1 Å². The molecule has 0 N–H and O–H groups in total. The smallest absolute Gasteiger partial charge is 0.0704 e. The number of fused-ring (bicyclic) bond motifs is 1. The molecule has 0 amide bonds. The molecule has 0 bridgehead atoms. The predicted octanol–water partition coefficient (Wildman–Crippen LogP) is 3.95. The molecule has 1 aliphatic carbocycles. The highest BCUT2D eigenvalue weighted by Gasteiger charge is 2.29. The first kappa shape index (κ1) is 10.3. The molecule has 1 aliphatic rings. The van der Waals surface area contributed by atoms with Crippen molar-refractivity contribution >= 4 is 26.8 Å². The highest BCUT2D eigenvalue weighted by molar-refractivity contribution is 9.09. The van der Waals surface area contributed by atoms with E-state index in [-0.39, 0.29) is 0 Å². The SMILES string of the molecule is BrC(Cc1ccnc2ccccc12)C1CC1. The first-order valence-corrected chi connectivity index (χ1v) is 6.73. The van der Waals surface area contributed by atoms with Crippen molar-refractivity contribution in [3.05, 3.63) is 42.1 Å². The second-order valence-corrected chi connectivity index (χ2v) is 5.72. The lowest BCUT2D eigenvalue weighted by atomic mass is 10.0. The summed E-state index contributed by atoms with van der Waals surface area (Å²) in [5, 5.41) is 1.30. The minimum atomic E-state index is 0.637. The summed E-state index contributed by atoms with van der Waals surface area (Å²) in [6.07, 6.45) is 5.82. The Labute approximate surface area is 104 Å². The molecule has 2 aromatic rings. The molecule has 1 aromatic heterocycles. The molecule has 1 aromatic carbocycles. The van der Waals surface area contributed by atoms with Crippen molar-refractivity contribution in [3.63, 3.8) is 0 Å². The number of para-hydroxylation sites is 1. The molecule has 0 radical (unpaired) electrons. The van der Waals surface area contributed by atoms with Crippen LogP contribution in [0.25, 0.3) is 10.9 Å². The van der Waals surface area contributed by atoms with Gasteiger partial charge in [0.15, 0.2) is 0 Å². The van der Waals surface area contributed by atoms with Crippen molar-refractivity contribution in [2.24, 2.45) is 5.92 Å². The van der Waals surface area contributed by atoms with Crippen LogP contribution in [-0.4, -0.2) is 9.81 Å². The van der Waals surface area contributed by atoms with Crippen LogP contribution in [0.4, 0.5) is 0 Å². The zero-order chi connectivity index (χ0) is 11.0. The summed E-state index contributed by atoms with van der Waals surface area (Å²) in [6, 6.07) is 10.5. The Kier molecular flexibility index (Phi) is 2.68. The Morgan fingerprint density at radius 3 is 2.88 bits per heavy atom. The van der Waals surface area contributed by atoms with Crippen molar-refractivity contribution in [3.8, 4) is 0 Å². The highest BCUT2D eigenvalue weighted by atomic mass is 79.9. The van der Waals surface area contributed by atoms with Gasteiger partial charge < -0.3 is 0 Å². The van der Waals surface area contributed by atoms with E-state index >= 15 is 0 Å². The maximum Gasteiger partial charge on any atom is 0.0704 e. The maximum absolute atomic E-state index is 4.39. The van der Waals surface area contributed by atoms with Gasteiger partial charge in [-0.15, -0.1) is 0 Å². The Balaban J connectivity index is 1.95. The number of hydrogen-bond acceptors (Lipinski definition) is 1. The van der Waals surface area contributed by atoms with Crippen LogP contribution < -0.4 is 0 Å². The number of alkyl halides is 1. The topological polar surface area (TPSA) is 12.9 Å². The van der Waals surface area contributed by atoms with Crippen molar-refractivity contribution in [2.75, 3.05) is 0 Å². The van der Waals surface area contributed by atoms with Gasteiger partial charge in [-0.1, -0.05) is 34.1 Å². The average Bonchev–Trinajstić information content (AvgIpc) is 3.13. The van der Waals surface area contributed by atoms with Crippen LogP contribution in [0.2, 0.25) is 0 Å². The normalized spacial score (nSPS) is 17.6. The molecular formula is C14H14BrN. The Bertz CT molecular complexity index is 500. The molecule has 16 heavy (non-hydrogen) atoms. The second-order valence-electron chi connectivity index (χ2n) is 4.54. The maximum atomic E-state index is 4.39. The summed E-state index contributed by atoms with van der Waals surface area (Å²) >= 11 is 3.81. The van der Waals surface area contributed by atoms with Crippen LogP contribution in [0.5, 0.6) is 0 Å². The second kappa shape index (κ2) is 4.17. The molecular weight excluding hydrogens is 262 g/mol. The lowest BCUT2D eigenvalue weighted by molar-refractivity contribution is 0.763. The van der Waals surface area contributed by atoms with Crippen LogP contribution in [-0.2, 0) is 6.42 Å². The summed E-state index contributed by atoms with van der Waals surface area (Å²) in [6.45, 7) is 0. The fourth-order valence-corrected chi connectivity index (χ4v) is 3.05. The average molecular weight is 276 g/mol. The van der Waals surface area contributed by atoms with Gasteiger partial charge in [0.05, 0.1) is 5.52 Å². The zero-order valence-corrected chi connectivity index (χ0v) is 10.7. The molecule has 3 rings (SSSR count). The molecule has 1 saturated carbocycles. The Morgan fingerprint density at radius 1 is 1.25 bits per heavy atom. The van der Waals surface area contributed by atoms with Gasteiger partial charge in [-0.2, -0.15) is 0 Å². The number of aromatic nitrogens is 1. The van der Waals surface area contributed by atoms with E-state index in [1.54, 1.807) is 0 Å². The van der Waals surface area contributed by atoms with Crippen molar-refractivity contribution in [1.29, 1.82) is 0 Å². The molecule has 0 aliphatic heterocycles. The van der Waals surface area contributed by atoms with E-state index in [2.05, 4.69) is 45.2 Å². The monoisotopic (exact) mass is 275 g/mol. The Hall–Kier alpha value is -0.890. The molecule has 1 atom stereocenters. The summed E-state index contributed by atoms with van der Waals surface area (Å²) in [5.41, 5.74) is 2.52. The molecule has 1 nitrogen and oxygen atoms in total. The van der Waals surface area contributed by atoms with Crippen LogP contribution in [0.15, 0.2) is 36.5 Å². The van der Waals surface area contributed by atoms with Gasteiger partial charge in [0, 0.05) is 16.4 Å². The van der Waals surface area contributed by atoms with Crippen molar-refractivity contribution in [1.82, 2.24) is 4.98 Å². The first-order valence-electron chi connectivity index (χ1n) is 5.81. The standard InChI is InChI=1S/C14H14BrN/c15-13(10-5-6-10)9-11-7-8-16-14-4-2-1-3-12(11)14/h1-4,7-8,10,13H,5-6,9H2.